The number of aromatic nitrogens is 3. The molecular weight excluding hydrogens is 150 g/mol. The van der Waals surface area contributed by atoms with Crippen molar-refractivity contribution in [2.75, 3.05) is 0 Å². The molecule has 0 amide bonds. The summed E-state index contributed by atoms with van der Waals surface area (Å²) in [6.07, 6.45) is 2.84. The second kappa shape index (κ2) is 2.59. The van der Waals surface area contributed by atoms with E-state index < -0.39 is 0 Å². The predicted octanol–water partition coefficient (Wildman–Crippen LogP) is 1.83. The lowest BCUT2D eigenvalue weighted by Crippen LogP contribution is -1.84. The first kappa shape index (κ1) is 7.28. The summed E-state index contributed by atoms with van der Waals surface area (Å²) in [5.74, 6) is 0.823. The van der Waals surface area contributed by atoms with Crippen molar-refractivity contribution < 1.29 is 0 Å². The Bertz CT molecular complexity index is 403. The van der Waals surface area contributed by atoms with Crippen molar-refractivity contribution >= 4 is 11.0 Å². The molecule has 12 heavy (non-hydrogen) atoms. The summed E-state index contributed by atoms with van der Waals surface area (Å²) in [5.41, 5.74) is 3.25. The fourth-order valence-corrected chi connectivity index (χ4v) is 1.26. The van der Waals surface area contributed by atoms with Crippen LogP contribution < -0.4 is 0 Å². The molecule has 0 aliphatic carbocycles. The van der Waals surface area contributed by atoms with Gasteiger partial charge in [0.25, 0.3) is 0 Å². The molecule has 3 heteroatoms. The van der Waals surface area contributed by atoms with E-state index in [9.17, 15) is 0 Å². The molecular formula is C9H11N3. The average Bonchev–Trinajstić information content (AvgIpc) is 2.46. The Hall–Kier alpha value is -1.38. The molecule has 0 radical (unpaired) electrons. The second-order valence-electron chi connectivity index (χ2n) is 2.86. The standard InChI is InChI=1S/C9H11N3/c1-3-7-4-8-9(12-7)5-10-6(2)11-8/h4-5,12H,3H2,1-2H3. The summed E-state index contributed by atoms with van der Waals surface area (Å²) in [4.78, 5) is 11.7. The van der Waals surface area contributed by atoms with Gasteiger partial charge < -0.3 is 4.98 Å². The third-order valence-corrected chi connectivity index (χ3v) is 1.93. The minimum atomic E-state index is 0.823. The first-order chi connectivity index (χ1) is 5.79. The summed E-state index contributed by atoms with van der Waals surface area (Å²) in [7, 11) is 0. The summed E-state index contributed by atoms with van der Waals surface area (Å²) in [6, 6.07) is 2.07. The number of hydrogen-bond donors (Lipinski definition) is 1. The Morgan fingerprint density at radius 1 is 1.50 bits per heavy atom. The summed E-state index contributed by atoms with van der Waals surface area (Å²) < 4.78 is 0. The van der Waals surface area contributed by atoms with Crippen LogP contribution >= 0.6 is 0 Å². The van der Waals surface area contributed by atoms with E-state index in [1.54, 1.807) is 0 Å². The van der Waals surface area contributed by atoms with Crippen LogP contribution in [0.5, 0.6) is 0 Å². The van der Waals surface area contributed by atoms with E-state index in [1.807, 2.05) is 13.1 Å². The fourth-order valence-electron chi connectivity index (χ4n) is 1.26. The maximum absolute atomic E-state index is 4.30. The normalized spacial score (nSPS) is 10.8. The number of fused-ring (bicyclic) bond motifs is 1. The predicted molar refractivity (Wildman–Crippen MR) is 48.0 cm³/mol. The molecule has 3 nitrogen and oxygen atoms in total. The van der Waals surface area contributed by atoms with Crippen LogP contribution in [-0.4, -0.2) is 15.0 Å². The molecule has 2 aromatic heterocycles. The molecule has 0 aromatic carbocycles. The van der Waals surface area contributed by atoms with E-state index in [4.69, 9.17) is 0 Å². The average molecular weight is 161 g/mol. The second-order valence-corrected chi connectivity index (χ2v) is 2.86. The van der Waals surface area contributed by atoms with Crippen molar-refractivity contribution in [3.8, 4) is 0 Å². The van der Waals surface area contributed by atoms with Gasteiger partial charge in [-0.2, -0.15) is 0 Å². The SMILES string of the molecule is CCc1cc2nc(C)ncc2[nH]1. The van der Waals surface area contributed by atoms with E-state index in [-0.39, 0.29) is 0 Å². The van der Waals surface area contributed by atoms with Gasteiger partial charge in [0.05, 0.1) is 17.2 Å². The molecule has 1 N–H and O–H groups in total. The molecule has 0 unspecified atom stereocenters. The van der Waals surface area contributed by atoms with Crippen LogP contribution in [0.1, 0.15) is 18.4 Å². The topological polar surface area (TPSA) is 41.6 Å². The molecule has 0 fully saturated rings. The number of nitrogens with one attached hydrogen (secondary N) is 1. The summed E-state index contributed by atoms with van der Waals surface area (Å²) in [5, 5.41) is 0. The van der Waals surface area contributed by atoms with E-state index in [0.717, 1.165) is 23.3 Å². The van der Waals surface area contributed by atoms with Gasteiger partial charge in [0.1, 0.15) is 5.82 Å². The lowest BCUT2D eigenvalue weighted by molar-refractivity contribution is 1.07. The highest BCUT2D eigenvalue weighted by Gasteiger charge is 1.99. The van der Waals surface area contributed by atoms with Crippen LogP contribution in [0, 0.1) is 6.92 Å². The zero-order chi connectivity index (χ0) is 8.55. The number of H-pyrrole nitrogens is 1. The molecule has 2 heterocycles. The lowest BCUT2D eigenvalue weighted by Gasteiger charge is -1.89. The fraction of sp³-hybridized carbons (Fsp3) is 0.333. The van der Waals surface area contributed by atoms with Crippen LogP contribution in [-0.2, 0) is 6.42 Å². The highest BCUT2D eigenvalue weighted by Crippen LogP contribution is 2.11. The van der Waals surface area contributed by atoms with Crippen molar-refractivity contribution in [1.82, 2.24) is 15.0 Å². The van der Waals surface area contributed by atoms with Gasteiger partial charge in [-0.25, -0.2) is 9.97 Å². The molecule has 0 bridgehead atoms. The van der Waals surface area contributed by atoms with Crippen LogP contribution in [0.4, 0.5) is 0 Å². The number of nitrogens with zero attached hydrogens (tertiary/aromatic N) is 2. The number of rotatable bonds is 1. The van der Waals surface area contributed by atoms with Crippen molar-refractivity contribution in [2.24, 2.45) is 0 Å². The van der Waals surface area contributed by atoms with Gasteiger partial charge in [-0.3, -0.25) is 0 Å². The zero-order valence-corrected chi connectivity index (χ0v) is 7.26. The van der Waals surface area contributed by atoms with Gasteiger partial charge in [-0.1, -0.05) is 6.92 Å². The summed E-state index contributed by atoms with van der Waals surface area (Å²) >= 11 is 0. The molecule has 0 aliphatic rings. The third kappa shape index (κ3) is 1.07. The smallest absolute Gasteiger partial charge is 0.126 e. The number of aryl methyl sites for hydroxylation is 2. The number of aromatic amines is 1. The lowest BCUT2D eigenvalue weighted by atomic mass is 10.3. The zero-order valence-electron chi connectivity index (χ0n) is 7.26. The molecule has 0 saturated heterocycles. The third-order valence-electron chi connectivity index (χ3n) is 1.93. The highest BCUT2D eigenvalue weighted by atomic mass is 14.9. The minimum absolute atomic E-state index is 0.823. The molecule has 0 atom stereocenters. The van der Waals surface area contributed by atoms with Crippen LogP contribution in [0.15, 0.2) is 12.3 Å². The number of hydrogen-bond acceptors (Lipinski definition) is 2. The molecule has 0 spiro atoms. The largest absolute Gasteiger partial charge is 0.356 e. The van der Waals surface area contributed by atoms with Gasteiger partial charge in [0, 0.05) is 5.69 Å². The van der Waals surface area contributed by atoms with Crippen molar-refractivity contribution in [3.05, 3.63) is 23.8 Å². The van der Waals surface area contributed by atoms with Crippen LogP contribution in [0.3, 0.4) is 0 Å². The van der Waals surface area contributed by atoms with Crippen LogP contribution in [0.25, 0.3) is 11.0 Å². The Morgan fingerprint density at radius 2 is 2.33 bits per heavy atom. The van der Waals surface area contributed by atoms with E-state index >= 15 is 0 Å². The van der Waals surface area contributed by atoms with Gasteiger partial charge >= 0.3 is 0 Å². The Balaban J connectivity index is 2.67. The van der Waals surface area contributed by atoms with E-state index in [1.165, 1.54) is 5.69 Å². The van der Waals surface area contributed by atoms with E-state index in [2.05, 4.69) is 27.9 Å². The Labute approximate surface area is 70.9 Å². The van der Waals surface area contributed by atoms with Gasteiger partial charge in [-0.15, -0.1) is 0 Å². The van der Waals surface area contributed by atoms with E-state index in [0.29, 0.717) is 0 Å². The van der Waals surface area contributed by atoms with Crippen molar-refractivity contribution in [3.63, 3.8) is 0 Å². The quantitative estimate of drug-likeness (QED) is 0.693. The monoisotopic (exact) mass is 161 g/mol. The van der Waals surface area contributed by atoms with Crippen molar-refractivity contribution in [1.29, 1.82) is 0 Å². The van der Waals surface area contributed by atoms with Gasteiger partial charge in [-0.05, 0) is 19.4 Å². The Morgan fingerprint density at radius 3 is 3.08 bits per heavy atom. The van der Waals surface area contributed by atoms with Crippen LogP contribution in [0.2, 0.25) is 0 Å². The van der Waals surface area contributed by atoms with Crippen molar-refractivity contribution in [2.45, 2.75) is 20.3 Å². The molecule has 0 aliphatic heterocycles. The molecule has 0 saturated carbocycles. The first-order valence-corrected chi connectivity index (χ1v) is 4.11. The van der Waals surface area contributed by atoms with Gasteiger partial charge in [0.15, 0.2) is 0 Å². The summed E-state index contributed by atoms with van der Waals surface area (Å²) in [6.45, 7) is 4.02. The first-order valence-electron chi connectivity index (χ1n) is 4.11. The molecule has 2 rings (SSSR count). The molecule has 2 aromatic rings. The maximum Gasteiger partial charge on any atom is 0.126 e. The molecule has 62 valence electrons. The Kier molecular flexibility index (Phi) is 1.57. The van der Waals surface area contributed by atoms with Gasteiger partial charge in [0.2, 0.25) is 0 Å². The highest BCUT2D eigenvalue weighted by molar-refractivity contribution is 5.74. The maximum atomic E-state index is 4.30. The minimum Gasteiger partial charge on any atom is -0.356 e.